The lowest BCUT2D eigenvalue weighted by Crippen LogP contribution is -2.14. The standard InChI is InChI=1S/C19H24FN/c1-12-10-15(11-13(2)17(12)20)18(21)14-6-8-16(9-7-14)19(3,4)5/h6-11,18H,21H2,1-5H3. The Morgan fingerprint density at radius 1 is 0.905 bits per heavy atom. The Hall–Kier alpha value is -1.67. The highest BCUT2D eigenvalue weighted by molar-refractivity contribution is 5.39. The molecule has 0 spiro atoms. The van der Waals surface area contributed by atoms with Crippen LogP contribution in [0.5, 0.6) is 0 Å². The molecular weight excluding hydrogens is 261 g/mol. The molecule has 0 saturated carbocycles. The summed E-state index contributed by atoms with van der Waals surface area (Å²) in [6.07, 6.45) is 0. The molecule has 112 valence electrons. The molecule has 0 aliphatic rings. The van der Waals surface area contributed by atoms with Crippen molar-refractivity contribution in [3.63, 3.8) is 0 Å². The molecule has 1 nitrogen and oxygen atoms in total. The monoisotopic (exact) mass is 285 g/mol. The third-order valence-corrected chi connectivity index (χ3v) is 3.95. The first-order chi connectivity index (χ1) is 9.70. The van der Waals surface area contributed by atoms with Crippen LogP contribution in [0.4, 0.5) is 4.39 Å². The van der Waals surface area contributed by atoms with E-state index in [4.69, 9.17) is 5.73 Å². The van der Waals surface area contributed by atoms with Gasteiger partial charge in [-0.3, -0.25) is 0 Å². The van der Waals surface area contributed by atoms with Gasteiger partial charge in [-0.1, -0.05) is 57.2 Å². The van der Waals surface area contributed by atoms with Crippen LogP contribution in [0.15, 0.2) is 36.4 Å². The molecule has 0 heterocycles. The molecule has 2 N–H and O–H groups in total. The van der Waals surface area contributed by atoms with Crippen LogP contribution in [0, 0.1) is 19.7 Å². The topological polar surface area (TPSA) is 26.0 Å². The zero-order valence-corrected chi connectivity index (χ0v) is 13.5. The summed E-state index contributed by atoms with van der Waals surface area (Å²) in [5, 5.41) is 0. The molecule has 0 amide bonds. The van der Waals surface area contributed by atoms with Crippen LogP contribution in [-0.2, 0) is 5.41 Å². The molecule has 2 aromatic carbocycles. The Kier molecular flexibility index (Phi) is 4.20. The van der Waals surface area contributed by atoms with E-state index in [0.29, 0.717) is 11.1 Å². The molecule has 0 aliphatic heterocycles. The molecule has 0 aromatic heterocycles. The van der Waals surface area contributed by atoms with Crippen LogP contribution >= 0.6 is 0 Å². The van der Waals surface area contributed by atoms with Gasteiger partial charge in [-0.05, 0) is 47.1 Å². The zero-order valence-electron chi connectivity index (χ0n) is 13.5. The number of aryl methyl sites for hydroxylation is 2. The highest BCUT2D eigenvalue weighted by atomic mass is 19.1. The second kappa shape index (κ2) is 5.61. The lowest BCUT2D eigenvalue weighted by molar-refractivity contribution is 0.589. The summed E-state index contributed by atoms with van der Waals surface area (Å²) < 4.78 is 13.7. The van der Waals surface area contributed by atoms with E-state index in [1.165, 1.54) is 5.56 Å². The summed E-state index contributed by atoms with van der Waals surface area (Å²) in [5.41, 5.74) is 11.0. The van der Waals surface area contributed by atoms with Crippen LogP contribution in [0.3, 0.4) is 0 Å². The Labute approximate surface area is 127 Å². The van der Waals surface area contributed by atoms with E-state index >= 15 is 0 Å². The first-order valence-electron chi connectivity index (χ1n) is 7.33. The molecule has 2 heteroatoms. The van der Waals surface area contributed by atoms with Gasteiger partial charge in [0.05, 0.1) is 6.04 Å². The van der Waals surface area contributed by atoms with Crippen molar-refractivity contribution in [3.8, 4) is 0 Å². The molecule has 1 atom stereocenters. The number of hydrogen-bond acceptors (Lipinski definition) is 1. The highest BCUT2D eigenvalue weighted by Crippen LogP contribution is 2.27. The van der Waals surface area contributed by atoms with Crippen LogP contribution in [0.25, 0.3) is 0 Å². The van der Waals surface area contributed by atoms with Gasteiger partial charge in [-0.25, -0.2) is 4.39 Å². The summed E-state index contributed by atoms with van der Waals surface area (Å²) in [4.78, 5) is 0. The maximum Gasteiger partial charge on any atom is 0.129 e. The smallest absolute Gasteiger partial charge is 0.129 e. The summed E-state index contributed by atoms with van der Waals surface area (Å²) in [6.45, 7) is 10.1. The van der Waals surface area contributed by atoms with E-state index in [9.17, 15) is 4.39 Å². The average molecular weight is 285 g/mol. The average Bonchev–Trinajstić information content (AvgIpc) is 2.42. The maximum atomic E-state index is 13.7. The van der Waals surface area contributed by atoms with E-state index in [2.05, 4.69) is 45.0 Å². The summed E-state index contributed by atoms with van der Waals surface area (Å²) in [6, 6.07) is 11.8. The number of nitrogens with two attached hydrogens (primary N) is 1. The Bertz CT molecular complexity index is 613. The number of hydrogen-bond donors (Lipinski definition) is 1. The van der Waals surface area contributed by atoms with Gasteiger partial charge >= 0.3 is 0 Å². The predicted octanol–water partition coefficient (Wildman–Crippen LogP) is 4.79. The molecule has 0 saturated heterocycles. The fourth-order valence-electron chi connectivity index (χ4n) is 2.54. The number of benzene rings is 2. The molecule has 0 radical (unpaired) electrons. The minimum absolute atomic E-state index is 0.131. The van der Waals surface area contributed by atoms with Crippen molar-refractivity contribution in [1.82, 2.24) is 0 Å². The number of halogens is 1. The van der Waals surface area contributed by atoms with Crippen molar-refractivity contribution in [2.24, 2.45) is 5.73 Å². The van der Waals surface area contributed by atoms with Gasteiger partial charge in [0.25, 0.3) is 0 Å². The number of rotatable bonds is 2. The summed E-state index contributed by atoms with van der Waals surface area (Å²) in [5.74, 6) is -0.144. The van der Waals surface area contributed by atoms with Gasteiger partial charge in [0.15, 0.2) is 0 Å². The molecule has 2 rings (SSSR count). The maximum absolute atomic E-state index is 13.7. The van der Waals surface area contributed by atoms with E-state index in [-0.39, 0.29) is 17.3 Å². The van der Waals surface area contributed by atoms with Crippen LogP contribution in [0.1, 0.15) is 54.6 Å². The predicted molar refractivity (Wildman–Crippen MR) is 87.0 cm³/mol. The first kappa shape index (κ1) is 15.7. The van der Waals surface area contributed by atoms with Gasteiger partial charge in [0.2, 0.25) is 0 Å². The molecule has 21 heavy (non-hydrogen) atoms. The first-order valence-corrected chi connectivity index (χ1v) is 7.33. The Morgan fingerprint density at radius 3 is 1.81 bits per heavy atom. The van der Waals surface area contributed by atoms with Crippen LogP contribution in [0.2, 0.25) is 0 Å². The second-order valence-electron chi connectivity index (χ2n) is 6.82. The van der Waals surface area contributed by atoms with Crippen molar-refractivity contribution in [2.75, 3.05) is 0 Å². The minimum atomic E-state index is -0.225. The fraction of sp³-hybridized carbons (Fsp3) is 0.368. The van der Waals surface area contributed by atoms with Crippen molar-refractivity contribution in [2.45, 2.75) is 46.1 Å². The third kappa shape index (κ3) is 3.33. The molecular formula is C19H24FN. The van der Waals surface area contributed by atoms with E-state index in [1.807, 2.05) is 12.1 Å². The van der Waals surface area contributed by atoms with Crippen molar-refractivity contribution in [1.29, 1.82) is 0 Å². The van der Waals surface area contributed by atoms with Crippen molar-refractivity contribution < 1.29 is 4.39 Å². The van der Waals surface area contributed by atoms with E-state index in [0.717, 1.165) is 11.1 Å². The normalized spacial score (nSPS) is 13.3. The van der Waals surface area contributed by atoms with Gasteiger partial charge in [0, 0.05) is 0 Å². The van der Waals surface area contributed by atoms with Gasteiger partial charge in [-0.2, -0.15) is 0 Å². The largest absolute Gasteiger partial charge is 0.320 e. The summed E-state index contributed by atoms with van der Waals surface area (Å²) >= 11 is 0. The lowest BCUT2D eigenvalue weighted by Gasteiger charge is -2.21. The van der Waals surface area contributed by atoms with Gasteiger partial charge in [-0.15, -0.1) is 0 Å². The Balaban J connectivity index is 2.34. The third-order valence-electron chi connectivity index (χ3n) is 3.95. The quantitative estimate of drug-likeness (QED) is 0.843. The van der Waals surface area contributed by atoms with Crippen molar-refractivity contribution in [3.05, 3.63) is 70.0 Å². The van der Waals surface area contributed by atoms with Crippen LogP contribution < -0.4 is 5.73 Å². The van der Waals surface area contributed by atoms with E-state index in [1.54, 1.807) is 13.8 Å². The SMILES string of the molecule is Cc1cc(C(N)c2ccc(C(C)(C)C)cc2)cc(C)c1F. The molecule has 0 fully saturated rings. The van der Waals surface area contributed by atoms with Crippen LogP contribution in [-0.4, -0.2) is 0 Å². The Morgan fingerprint density at radius 2 is 1.38 bits per heavy atom. The van der Waals surface area contributed by atoms with Crippen molar-refractivity contribution >= 4 is 0 Å². The zero-order chi connectivity index (χ0) is 15.8. The molecule has 1 unspecified atom stereocenters. The van der Waals surface area contributed by atoms with Gasteiger partial charge in [0.1, 0.15) is 5.82 Å². The molecule has 0 bridgehead atoms. The highest BCUT2D eigenvalue weighted by Gasteiger charge is 2.16. The van der Waals surface area contributed by atoms with E-state index < -0.39 is 0 Å². The second-order valence-corrected chi connectivity index (χ2v) is 6.82. The molecule has 2 aromatic rings. The van der Waals surface area contributed by atoms with Gasteiger partial charge < -0.3 is 5.73 Å². The summed E-state index contributed by atoms with van der Waals surface area (Å²) in [7, 11) is 0. The fourth-order valence-corrected chi connectivity index (χ4v) is 2.54. The minimum Gasteiger partial charge on any atom is -0.320 e. The lowest BCUT2D eigenvalue weighted by atomic mass is 9.85. The molecule has 0 aliphatic carbocycles.